The quantitative estimate of drug-likeness (QED) is 0.597. The lowest BCUT2D eigenvalue weighted by molar-refractivity contribution is 0.553. The van der Waals surface area contributed by atoms with Crippen molar-refractivity contribution in [3.63, 3.8) is 0 Å². The number of nitrogens with zero attached hydrogens (tertiary/aromatic N) is 1. The first-order valence-electron chi connectivity index (χ1n) is 4.08. The molecule has 2 rings (SSSR count). The van der Waals surface area contributed by atoms with Gasteiger partial charge in [0.2, 0.25) is 0 Å². The molecule has 1 aromatic heterocycles. The zero-order valence-corrected chi connectivity index (χ0v) is 10.8. The molecule has 0 aliphatic carbocycles. The van der Waals surface area contributed by atoms with Gasteiger partial charge in [-0.1, -0.05) is 33.6 Å². The van der Waals surface area contributed by atoms with E-state index in [1.807, 2.05) is 0 Å². The summed E-state index contributed by atoms with van der Waals surface area (Å²) < 4.78 is 35.4. The van der Waals surface area contributed by atoms with Gasteiger partial charge in [0.15, 0.2) is 0 Å². The molecular weight excluding hydrogens is 321 g/mol. The van der Waals surface area contributed by atoms with Crippen LogP contribution in [-0.2, 0) is 10.2 Å². The molecule has 1 aromatic carbocycles. The SMILES string of the molecule is O=S(=O)(F)c1cnc(Cl)c2ccc(Br)cc12. The van der Waals surface area contributed by atoms with Gasteiger partial charge in [-0.15, -0.1) is 3.89 Å². The van der Waals surface area contributed by atoms with Crippen LogP contribution >= 0.6 is 27.5 Å². The van der Waals surface area contributed by atoms with Gasteiger partial charge in [-0.25, -0.2) is 4.98 Å². The fourth-order valence-electron chi connectivity index (χ4n) is 1.35. The average Bonchev–Trinajstić information content (AvgIpc) is 2.15. The number of hydrogen-bond acceptors (Lipinski definition) is 3. The molecule has 3 nitrogen and oxygen atoms in total. The first-order valence-corrected chi connectivity index (χ1v) is 6.63. The van der Waals surface area contributed by atoms with Crippen LogP contribution < -0.4 is 0 Å². The van der Waals surface area contributed by atoms with Gasteiger partial charge in [0, 0.05) is 15.2 Å². The zero-order chi connectivity index (χ0) is 11.9. The Balaban J connectivity index is 2.98. The molecule has 0 amide bonds. The molecule has 0 N–H and O–H groups in total. The smallest absolute Gasteiger partial charge is 0.242 e. The van der Waals surface area contributed by atoms with Crippen LogP contribution in [-0.4, -0.2) is 13.4 Å². The molecule has 0 radical (unpaired) electrons. The van der Waals surface area contributed by atoms with Crippen LogP contribution in [0.3, 0.4) is 0 Å². The maximum absolute atomic E-state index is 13.0. The number of hydrogen-bond donors (Lipinski definition) is 0. The van der Waals surface area contributed by atoms with Crippen molar-refractivity contribution in [3.8, 4) is 0 Å². The summed E-state index contributed by atoms with van der Waals surface area (Å²) in [7, 11) is -4.80. The first-order chi connectivity index (χ1) is 7.39. The van der Waals surface area contributed by atoms with Gasteiger partial charge < -0.3 is 0 Å². The largest absolute Gasteiger partial charge is 0.334 e. The van der Waals surface area contributed by atoms with Crippen LogP contribution in [0.15, 0.2) is 33.8 Å². The van der Waals surface area contributed by atoms with Gasteiger partial charge in [-0.3, -0.25) is 0 Å². The third kappa shape index (κ3) is 2.05. The van der Waals surface area contributed by atoms with E-state index in [1.54, 1.807) is 12.1 Å². The molecule has 0 saturated carbocycles. The molecule has 0 spiro atoms. The Kier molecular flexibility index (Phi) is 2.90. The minimum atomic E-state index is -4.80. The van der Waals surface area contributed by atoms with Crippen molar-refractivity contribution >= 4 is 48.5 Å². The van der Waals surface area contributed by atoms with Crippen LogP contribution in [0.4, 0.5) is 3.89 Å². The summed E-state index contributed by atoms with van der Waals surface area (Å²) >= 11 is 8.96. The van der Waals surface area contributed by atoms with Crippen LogP contribution in [0.1, 0.15) is 0 Å². The second kappa shape index (κ2) is 3.94. The van der Waals surface area contributed by atoms with Crippen molar-refractivity contribution in [1.29, 1.82) is 0 Å². The van der Waals surface area contributed by atoms with Crippen molar-refractivity contribution in [2.75, 3.05) is 0 Å². The normalized spacial score (nSPS) is 11.9. The van der Waals surface area contributed by atoms with E-state index in [-0.39, 0.29) is 10.5 Å². The van der Waals surface area contributed by atoms with Gasteiger partial charge in [0.1, 0.15) is 10.0 Å². The first kappa shape index (κ1) is 11.8. The van der Waals surface area contributed by atoms with Crippen molar-refractivity contribution in [3.05, 3.63) is 34.0 Å². The van der Waals surface area contributed by atoms with E-state index in [0.29, 0.717) is 9.86 Å². The molecule has 7 heteroatoms. The molecule has 0 unspecified atom stereocenters. The summed E-state index contributed by atoms with van der Waals surface area (Å²) in [4.78, 5) is 3.16. The summed E-state index contributed by atoms with van der Waals surface area (Å²) in [6.45, 7) is 0. The number of benzene rings is 1. The predicted molar refractivity (Wildman–Crippen MR) is 62.7 cm³/mol. The van der Waals surface area contributed by atoms with Gasteiger partial charge in [-0.2, -0.15) is 8.42 Å². The summed E-state index contributed by atoms with van der Waals surface area (Å²) in [6, 6.07) is 4.73. The Morgan fingerprint density at radius 3 is 2.62 bits per heavy atom. The minimum absolute atomic E-state index is 0.134. The number of rotatable bonds is 1. The van der Waals surface area contributed by atoms with Crippen LogP contribution in [0.2, 0.25) is 5.15 Å². The Morgan fingerprint density at radius 2 is 2.00 bits per heavy atom. The van der Waals surface area contributed by atoms with E-state index in [1.165, 1.54) is 6.07 Å². The highest BCUT2D eigenvalue weighted by molar-refractivity contribution is 9.10. The fraction of sp³-hybridized carbons (Fsp3) is 0. The molecule has 0 fully saturated rings. The van der Waals surface area contributed by atoms with E-state index in [4.69, 9.17) is 11.6 Å². The Morgan fingerprint density at radius 1 is 1.31 bits per heavy atom. The molecule has 0 aliphatic rings. The third-order valence-corrected chi connectivity index (χ3v) is 3.67. The summed E-state index contributed by atoms with van der Waals surface area (Å²) in [6.07, 6.45) is 0.909. The average molecular weight is 325 g/mol. The number of fused-ring (bicyclic) bond motifs is 1. The second-order valence-corrected chi connectivity index (χ2v) is 5.63. The number of aromatic nitrogens is 1. The minimum Gasteiger partial charge on any atom is -0.242 e. The standard InChI is InChI=1S/C9H4BrClFNO2S/c10-5-1-2-6-7(3-5)8(16(12,14)15)4-13-9(6)11/h1-4H. The van der Waals surface area contributed by atoms with Crippen molar-refractivity contribution < 1.29 is 12.3 Å². The molecule has 0 aliphatic heterocycles. The number of pyridine rings is 1. The molecule has 0 atom stereocenters. The van der Waals surface area contributed by atoms with Crippen LogP contribution in [0.25, 0.3) is 10.8 Å². The van der Waals surface area contributed by atoms with E-state index in [0.717, 1.165) is 6.20 Å². The molecular formula is C9H4BrClFNO2S. The van der Waals surface area contributed by atoms with Crippen molar-refractivity contribution in [1.82, 2.24) is 4.98 Å². The Hall–Kier alpha value is -0.720. The molecule has 0 bridgehead atoms. The van der Waals surface area contributed by atoms with E-state index < -0.39 is 15.1 Å². The second-order valence-electron chi connectivity index (χ2n) is 3.04. The molecule has 2 aromatic rings. The Bertz CT molecular complexity index is 675. The summed E-state index contributed by atoms with van der Waals surface area (Å²) in [5.74, 6) is 0. The lowest BCUT2D eigenvalue weighted by Gasteiger charge is -2.04. The van der Waals surface area contributed by atoms with Crippen LogP contribution in [0.5, 0.6) is 0 Å². The zero-order valence-electron chi connectivity index (χ0n) is 7.62. The maximum Gasteiger partial charge on any atom is 0.334 e. The van der Waals surface area contributed by atoms with Crippen molar-refractivity contribution in [2.24, 2.45) is 0 Å². The lowest BCUT2D eigenvalue weighted by atomic mass is 10.2. The number of halogens is 3. The monoisotopic (exact) mass is 323 g/mol. The highest BCUT2D eigenvalue weighted by Gasteiger charge is 2.18. The highest BCUT2D eigenvalue weighted by Crippen LogP contribution is 2.30. The van der Waals surface area contributed by atoms with E-state index in [9.17, 15) is 12.3 Å². The molecule has 1 heterocycles. The Labute approximate surface area is 105 Å². The maximum atomic E-state index is 13.0. The predicted octanol–water partition coefficient (Wildman–Crippen LogP) is 3.31. The van der Waals surface area contributed by atoms with Crippen molar-refractivity contribution in [2.45, 2.75) is 4.90 Å². The summed E-state index contributed by atoms with van der Waals surface area (Å²) in [5, 5.41) is 0.732. The highest BCUT2D eigenvalue weighted by atomic mass is 79.9. The van der Waals surface area contributed by atoms with Gasteiger partial charge >= 0.3 is 10.2 Å². The van der Waals surface area contributed by atoms with E-state index >= 15 is 0 Å². The molecule has 0 saturated heterocycles. The third-order valence-electron chi connectivity index (χ3n) is 2.03. The topological polar surface area (TPSA) is 47.0 Å². The fourth-order valence-corrected chi connectivity index (χ4v) is 2.53. The molecule has 84 valence electrons. The van der Waals surface area contributed by atoms with Gasteiger partial charge in [0.05, 0.1) is 6.20 Å². The summed E-state index contributed by atoms with van der Waals surface area (Å²) in [5.41, 5.74) is 0. The van der Waals surface area contributed by atoms with E-state index in [2.05, 4.69) is 20.9 Å². The van der Waals surface area contributed by atoms with Gasteiger partial charge in [0.25, 0.3) is 0 Å². The van der Waals surface area contributed by atoms with Crippen LogP contribution in [0, 0.1) is 0 Å². The molecule has 16 heavy (non-hydrogen) atoms. The van der Waals surface area contributed by atoms with Gasteiger partial charge in [-0.05, 0) is 12.1 Å². The lowest BCUT2D eigenvalue weighted by Crippen LogP contribution is -1.95.